The molecule has 1 saturated carbocycles. The Morgan fingerprint density at radius 3 is 2.25 bits per heavy atom. The Hall–Kier alpha value is -0.0800. The zero-order chi connectivity index (χ0) is 12.0. The predicted octanol–water partition coefficient (Wildman–Crippen LogP) is 3.19. The highest BCUT2D eigenvalue weighted by Crippen LogP contribution is 2.36. The van der Waals surface area contributed by atoms with Crippen LogP contribution in [0.2, 0.25) is 0 Å². The number of hydrogen-bond acceptors (Lipinski definition) is 2. The molecule has 96 valence electrons. The summed E-state index contributed by atoms with van der Waals surface area (Å²) in [6.07, 6.45) is 10.8. The lowest BCUT2D eigenvalue weighted by Gasteiger charge is -2.46. The molecule has 1 atom stereocenters. The second-order valence-corrected chi connectivity index (χ2v) is 5.57. The van der Waals surface area contributed by atoms with Gasteiger partial charge in [-0.1, -0.05) is 45.4 Å². The molecule has 0 radical (unpaired) electrons. The van der Waals surface area contributed by atoms with E-state index in [-0.39, 0.29) is 11.6 Å². The van der Waals surface area contributed by atoms with Crippen LogP contribution in [-0.4, -0.2) is 35.7 Å². The summed E-state index contributed by atoms with van der Waals surface area (Å²) in [4.78, 5) is 2.28. The number of nitrogens with zero attached hydrogens (tertiary/aromatic N) is 1. The van der Waals surface area contributed by atoms with E-state index in [0.29, 0.717) is 0 Å². The first-order valence-corrected chi connectivity index (χ1v) is 6.99. The van der Waals surface area contributed by atoms with Gasteiger partial charge in [-0.2, -0.15) is 0 Å². The van der Waals surface area contributed by atoms with Crippen molar-refractivity contribution in [3.8, 4) is 0 Å². The van der Waals surface area contributed by atoms with E-state index in [1.165, 1.54) is 51.4 Å². The normalized spacial score (nSPS) is 22.3. The summed E-state index contributed by atoms with van der Waals surface area (Å²) in [5.74, 6) is 0. The molecule has 2 nitrogen and oxygen atoms in total. The monoisotopic (exact) mass is 227 g/mol. The summed E-state index contributed by atoms with van der Waals surface area (Å²) in [5, 5.41) is 10.5. The van der Waals surface area contributed by atoms with Crippen molar-refractivity contribution < 1.29 is 5.11 Å². The summed E-state index contributed by atoms with van der Waals surface area (Å²) < 4.78 is 0. The SMILES string of the molecule is CCCCCC(O)C1(N(C)C)CCCCC1. The Morgan fingerprint density at radius 1 is 1.12 bits per heavy atom. The van der Waals surface area contributed by atoms with Crippen molar-refractivity contribution in [3.05, 3.63) is 0 Å². The third-order valence-electron chi connectivity index (χ3n) is 4.31. The van der Waals surface area contributed by atoms with E-state index in [0.717, 1.165) is 6.42 Å². The molecule has 2 heteroatoms. The molecule has 0 saturated heterocycles. The van der Waals surface area contributed by atoms with Gasteiger partial charge in [0.15, 0.2) is 0 Å². The van der Waals surface area contributed by atoms with Crippen LogP contribution in [0.1, 0.15) is 64.7 Å². The van der Waals surface area contributed by atoms with Crippen LogP contribution in [0.3, 0.4) is 0 Å². The highest BCUT2D eigenvalue weighted by atomic mass is 16.3. The maximum atomic E-state index is 10.5. The molecule has 0 aromatic rings. The first-order chi connectivity index (χ1) is 7.63. The standard InChI is InChI=1S/C14H29NO/c1-4-5-7-10-13(16)14(15(2)3)11-8-6-9-12-14/h13,16H,4-12H2,1-3H3. The van der Waals surface area contributed by atoms with Crippen LogP contribution in [0.25, 0.3) is 0 Å². The highest BCUT2D eigenvalue weighted by molar-refractivity contribution is 4.96. The molecule has 0 aromatic heterocycles. The minimum absolute atomic E-state index is 0.0754. The zero-order valence-corrected chi connectivity index (χ0v) is 11.3. The van der Waals surface area contributed by atoms with Gasteiger partial charge >= 0.3 is 0 Å². The van der Waals surface area contributed by atoms with Gasteiger partial charge in [0, 0.05) is 5.54 Å². The summed E-state index contributed by atoms with van der Waals surface area (Å²) in [6, 6.07) is 0. The molecule has 1 aliphatic carbocycles. The second kappa shape index (κ2) is 6.61. The quantitative estimate of drug-likeness (QED) is 0.704. The molecule has 1 fully saturated rings. The van der Waals surface area contributed by atoms with Crippen molar-refractivity contribution in [1.29, 1.82) is 0 Å². The molecular weight excluding hydrogens is 198 g/mol. The molecule has 1 N–H and O–H groups in total. The van der Waals surface area contributed by atoms with E-state index in [4.69, 9.17) is 0 Å². The smallest absolute Gasteiger partial charge is 0.0723 e. The number of aliphatic hydroxyl groups excluding tert-OH is 1. The van der Waals surface area contributed by atoms with Crippen molar-refractivity contribution in [3.63, 3.8) is 0 Å². The molecule has 1 unspecified atom stereocenters. The Morgan fingerprint density at radius 2 is 1.75 bits per heavy atom. The summed E-state index contributed by atoms with van der Waals surface area (Å²) in [6.45, 7) is 2.22. The summed E-state index contributed by atoms with van der Waals surface area (Å²) in [7, 11) is 4.27. The van der Waals surface area contributed by atoms with Gasteiger partial charge in [-0.05, 0) is 33.4 Å². The Kier molecular flexibility index (Phi) is 5.77. The van der Waals surface area contributed by atoms with Crippen LogP contribution >= 0.6 is 0 Å². The van der Waals surface area contributed by atoms with Crippen molar-refractivity contribution in [1.82, 2.24) is 4.90 Å². The van der Waals surface area contributed by atoms with Crippen LogP contribution in [0.15, 0.2) is 0 Å². The predicted molar refractivity (Wildman–Crippen MR) is 69.7 cm³/mol. The Labute approximate surface area is 101 Å². The summed E-state index contributed by atoms with van der Waals surface area (Å²) >= 11 is 0. The zero-order valence-electron chi connectivity index (χ0n) is 11.3. The molecule has 0 amide bonds. The van der Waals surface area contributed by atoms with Gasteiger partial charge in [0.25, 0.3) is 0 Å². The van der Waals surface area contributed by atoms with Gasteiger partial charge in [-0.15, -0.1) is 0 Å². The van der Waals surface area contributed by atoms with Gasteiger partial charge in [-0.25, -0.2) is 0 Å². The Bertz CT molecular complexity index is 185. The van der Waals surface area contributed by atoms with E-state index in [1.54, 1.807) is 0 Å². The highest BCUT2D eigenvalue weighted by Gasteiger charge is 2.40. The van der Waals surface area contributed by atoms with Crippen LogP contribution in [-0.2, 0) is 0 Å². The molecule has 0 aromatic carbocycles. The van der Waals surface area contributed by atoms with Crippen LogP contribution in [0, 0.1) is 0 Å². The second-order valence-electron chi connectivity index (χ2n) is 5.57. The third-order valence-corrected chi connectivity index (χ3v) is 4.31. The lowest BCUT2D eigenvalue weighted by Crippen LogP contribution is -2.54. The maximum Gasteiger partial charge on any atom is 0.0723 e. The van der Waals surface area contributed by atoms with Crippen molar-refractivity contribution in [2.75, 3.05) is 14.1 Å². The fraction of sp³-hybridized carbons (Fsp3) is 1.00. The largest absolute Gasteiger partial charge is 0.391 e. The van der Waals surface area contributed by atoms with Crippen molar-refractivity contribution in [2.45, 2.75) is 76.4 Å². The van der Waals surface area contributed by atoms with Crippen LogP contribution in [0.4, 0.5) is 0 Å². The molecule has 0 bridgehead atoms. The molecule has 0 spiro atoms. The lowest BCUT2D eigenvalue weighted by atomic mass is 9.75. The molecular formula is C14H29NO. The lowest BCUT2D eigenvalue weighted by molar-refractivity contribution is -0.0365. The number of likely N-dealkylation sites (N-methyl/N-ethyl adjacent to an activating group) is 1. The minimum atomic E-state index is -0.130. The third kappa shape index (κ3) is 3.21. The van der Waals surface area contributed by atoms with Gasteiger partial charge in [0.2, 0.25) is 0 Å². The van der Waals surface area contributed by atoms with Crippen molar-refractivity contribution in [2.24, 2.45) is 0 Å². The number of rotatable bonds is 6. The van der Waals surface area contributed by atoms with E-state index in [1.807, 2.05) is 0 Å². The van der Waals surface area contributed by atoms with Crippen molar-refractivity contribution >= 4 is 0 Å². The topological polar surface area (TPSA) is 23.5 Å². The fourth-order valence-corrected chi connectivity index (χ4v) is 3.10. The number of aliphatic hydroxyl groups is 1. The average molecular weight is 227 g/mol. The van der Waals surface area contributed by atoms with Gasteiger partial charge in [-0.3, -0.25) is 0 Å². The van der Waals surface area contributed by atoms with Gasteiger partial charge < -0.3 is 10.0 Å². The van der Waals surface area contributed by atoms with E-state index >= 15 is 0 Å². The first-order valence-electron chi connectivity index (χ1n) is 6.99. The van der Waals surface area contributed by atoms with E-state index in [9.17, 15) is 5.11 Å². The number of hydrogen-bond donors (Lipinski definition) is 1. The summed E-state index contributed by atoms with van der Waals surface area (Å²) in [5.41, 5.74) is 0.0754. The molecule has 1 aliphatic rings. The van der Waals surface area contributed by atoms with E-state index < -0.39 is 0 Å². The van der Waals surface area contributed by atoms with Crippen LogP contribution in [0.5, 0.6) is 0 Å². The minimum Gasteiger partial charge on any atom is -0.391 e. The Balaban J connectivity index is 2.54. The molecule has 0 aliphatic heterocycles. The van der Waals surface area contributed by atoms with Gasteiger partial charge in [0.05, 0.1) is 6.10 Å². The average Bonchev–Trinajstić information content (AvgIpc) is 2.30. The number of unbranched alkanes of at least 4 members (excludes halogenated alkanes) is 2. The fourth-order valence-electron chi connectivity index (χ4n) is 3.10. The molecule has 1 rings (SSSR count). The molecule has 16 heavy (non-hydrogen) atoms. The van der Waals surface area contributed by atoms with E-state index in [2.05, 4.69) is 25.9 Å². The van der Waals surface area contributed by atoms with Gasteiger partial charge in [0.1, 0.15) is 0 Å². The first kappa shape index (κ1) is 14.0. The van der Waals surface area contributed by atoms with Crippen LogP contribution < -0.4 is 0 Å². The molecule has 0 heterocycles. The maximum absolute atomic E-state index is 10.5.